The Morgan fingerprint density at radius 3 is 1.04 bits per heavy atom. The molecule has 16 unspecified atom stereocenters. The molecule has 0 aromatic heterocycles. The molecule has 4 aliphatic rings. The van der Waals surface area contributed by atoms with Gasteiger partial charge in [-0.25, -0.2) is 4.57 Å². The van der Waals surface area contributed by atoms with Crippen LogP contribution in [0.25, 0.3) is 0 Å². The predicted molar refractivity (Wildman–Crippen MR) is 411 cm³/mol. The molecule has 4 heterocycles. The van der Waals surface area contributed by atoms with E-state index in [2.05, 4.69) is 41.7 Å². The van der Waals surface area contributed by atoms with Crippen LogP contribution in [0.5, 0.6) is 0 Å². The third-order valence-corrected chi connectivity index (χ3v) is 20.8. The van der Waals surface area contributed by atoms with Gasteiger partial charge < -0.3 is 158 Å². The number of nitrogens with two attached hydrogens (primary N) is 3. The Labute approximate surface area is 677 Å². The highest BCUT2D eigenvalue weighted by molar-refractivity contribution is 7.47. The zero-order valence-corrected chi connectivity index (χ0v) is 67.9. The average Bonchev–Trinajstić information content (AvgIpc) is 1.41. The van der Waals surface area contributed by atoms with Crippen molar-refractivity contribution in [1.82, 2.24) is 42.1 Å². The SMILES string of the molecule is COP(=O)(O)OC[C@@H]1C[C@@H](O)CN1C(=O)CCCCCCCCCCC(=O)NC(COCCC(=O)NCCCNC(=O)CCCCOC1OC(CO)C(O)C(O)C1N)(COCCC(=O)NCCCNC(=O)CCCCOC1OC(CO)C(O)C(O)C1N)COCCC(=O)NCCCNC(=O)CCCCOC1OC(CO)C(O)C(O)C1N. The van der Waals surface area contributed by atoms with Gasteiger partial charge in [-0.3, -0.25) is 47.4 Å². The number of β-amino-alcohol motifs (C(OH)–C–C–N with tert-alkyl or cyclic N) is 1. The molecular formula is C73H136N11O31P. The van der Waals surface area contributed by atoms with Gasteiger partial charge in [-0.1, -0.05) is 38.5 Å². The van der Waals surface area contributed by atoms with Gasteiger partial charge in [0.2, 0.25) is 47.3 Å². The number of aliphatic hydroxyl groups is 10. The van der Waals surface area contributed by atoms with E-state index < -0.39 is 137 Å². The van der Waals surface area contributed by atoms with Gasteiger partial charge in [-0.05, 0) is 77.0 Å². The summed E-state index contributed by atoms with van der Waals surface area (Å²) in [6.45, 7) is -1.06. The molecule has 8 amide bonds. The fourth-order valence-corrected chi connectivity index (χ4v) is 13.4. The van der Waals surface area contributed by atoms with E-state index in [0.717, 1.165) is 39.2 Å². The number of hydrogen-bond acceptors (Lipinski definition) is 33. The monoisotopic (exact) mass is 1690 g/mol. The second-order valence-electron chi connectivity index (χ2n) is 29.6. The summed E-state index contributed by atoms with van der Waals surface area (Å²) >= 11 is 0. The first kappa shape index (κ1) is 103. The highest BCUT2D eigenvalue weighted by atomic mass is 31.2. The van der Waals surface area contributed by atoms with Crippen LogP contribution in [-0.2, 0) is 94.6 Å². The molecule has 0 saturated carbocycles. The largest absolute Gasteiger partial charge is 0.471 e. The molecule has 43 heteroatoms. The third kappa shape index (κ3) is 41.0. The molecule has 0 aromatic rings. The Kier molecular flexibility index (Phi) is 52.4. The number of aliphatic hydroxyl groups excluding tert-OH is 10. The number of phosphoric acid groups is 1. The second kappa shape index (κ2) is 58.9. The highest BCUT2D eigenvalue weighted by Crippen LogP contribution is 2.43. The number of nitrogens with one attached hydrogen (secondary N) is 7. The number of unbranched alkanes of at least 4 members (excludes halogenated alkanes) is 10. The third-order valence-electron chi connectivity index (χ3n) is 19.9. The summed E-state index contributed by atoms with van der Waals surface area (Å²) in [7, 11) is -3.23. The van der Waals surface area contributed by atoms with Crippen molar-refractivity contribution in [1.29, 1.82) is 0 Å². The van der Waals surface area contributed by atoms with Crippen LogP contribution in [0.4, 0.5) is 0 Å². The first-order chi connectivity index (χ1) is 55.6. The van der Waals surface area contributed by atoms with Gasteiger partial charge in [0.1, 0.15) is 60.5 Å². The second-order valence-corrected chi connectivity index (χ2v) is 31.2. The lowest BCUT2D eigenvalue weighted by Gasteiger charge is -2.40. The van der Waals surface area contributed by atoms with Crippen molar-refractivity contribution in [3.05, 3.63) is 0 Å². The Morgan fingerprint density at radius 1 is 0.414 bits per heavy atom. The zero-order valence-electron chi connectivity index (χ0n) is 67.1. The Bertz CT molecular complexity index is 2630. The number of rotatable bonds is 64. The molecule has 4 saturated heterocycles. The Morgan fingerprint density at radius 2 is 0.716 bits per heavy atom. The quantitative estimate of drug-likeness (QED) is 0.0199. The van der Waals surface area contributed by atoms with Crippen LogP contribution in [0, 0.1) is 0 Å². The summed E-state index contributed by atoms with van der Waals surface area (Å²) in [4.78, 5) is 115. The maximum Gasteiger partial charge on any atom is 0.471 e. The number of nitrogens with zero attached hydrogens (tertiary/aromatic N) is 1. The molecule has 42 nitrogen and oxygen atoms in total. The van der Waals surface area contributed by atoms with Crippen LogP contribution in [0.1, 0.15) is 167 Å². The predicted octanol–water partition coefficient (Wildman–Crippen LogP) is -5.59. The van der Waals surface area contributed by atoms with E-state index in [-0.39, 0.29) is 217 Å². The average molecular weight is 1690 g/mol. The van der Waals surface area contributed by atoms with E-state index in [1.165, 1.54) is 4.90 Å². The van der Waals surface area contributed by atoms with E-state index in [4.69, 9.17) is 64.4 Å². The van der Waals surface area contributed by atoms with Gasteiger partial charge in [0, 0.05) is 124 Å². The molecule has 0 aromatic carbocycles. The van der Waals surface area contributed by atoms with Gasteiger partial charge >= 0.3 is 7.82 Å². The minimum Gasteiger partial charge on any atom is -0.394 e. The van der Waals surface area contributed by atoms with Crippen LogP contribution in [0.2, 0.25) is 0 Å². The molecule has 4 fully saturated rings. The highest BCUT2D eigenvalue weighted by Gasteiger charge is 2.46. The first-order valence-electron chi connectivity index (χ1n) is 40.7. The maximum atomic E-state index is 14.0. The van der Waals surface area contributed by atoms with Crippen molar-refractivity contribution in [2.24, 2.45) is 17.2 Å². The minimum absolute atomic E-state index is 0.0882. The van der Waals surface area contributed by atoms with Crippen LogP contribution in [-0.4, -0.2) is 357 Å². The van der Waals surface area contributed by atoms with Crippen LogP contribution >= 0.6 is 7.82 Å². The van der Waals surface area contributed by atoms with Crippen molar-refractivity contribution in [2.45, 2.75) is 277 Å². The van der Waals surface area contributed by atoms with E-state index >= 15 is 0 Å². The lowest BCUT2D eigenvalue weighted by molar-refractivity contribution is -0.265. The Hall–Kier alpha value is -5.01. The number of hydrogen-bond donors (Lipinski definition) is 21. The van der Waals surface area contributed by atoms with Gasteiger partial charge in [0.25, 0.3) is 0 Å². The summed E-state index contributed by atoms with van der Waals surface area (Å²) in [6, 6.07) is -3.69. The number of phosphoric ester groups is 1. The van der Waals surface area contributed by atoms with Crippen LogP contribution in [0.3, 0.4) is 0 Å². The van der Waals surface area contributed by atoms with E-state index in [1.54, 1.807) is 0 Å². The first-order valence-corrected chi connectivity index (χ1v) is 42.2. The summed E-state index contributed by atoms with van der Waals surface area (Å²) in [5.41, 5.74) is 16.3. The molecule has 0 aliphatic carbocycles. The minimum atomic E-state index is -4.27. The topological polar surface area (TPSA) is 643 Å². The molecule has 116 heavy (non-hydrogen) atoms. The van der Waals surface area contributed by atoms with Crippen LogP contribution < -0.4 is 54.4 Å². The number of carbonyl (C=O) groups excluding carboxylic acids is 8. The smallest absolute Gasteiger partial charge is 0.394 e. The summed E-state index contributed by atoms with van der Waals surface area (Å²) in [6.07, 6.45) is -4.77. The van der Waals surface area contributed by atoms with E-state index in [9.17, 15) is 98.9 Å². The van der Waals surface area contributed by atoms with Gasteiger partial charge in [-0.2, -0.15) is 0 Å². The maximum absolute atomic E-state index is 14.0. The molecule has 24 N–H and O–H groups in total. The number of likely N-dealkylation sites (tertiary alicyclic amines) is 1. The molecule has 0 bridgehead atoms. The summed E-state index contributed by atoms with van der Waals surface area (Å²) in [5, 5.41) is 119. The van der Waals surface area contributed by atoms with Crippen molar-refractivity contribution >= 4 is 55.1 Å². The van der Waals surface area contributed by atoms with Gasteiger partial charge in [-0.15, -0.1) is 0 Å². The lowest BCUT2D eigenvalue weighted by atomic mass is 9.98. The fraction of sp³-hybridized carbons (Fsp3) is 0.890. The molecule has 4 aliphatic heterocycles. The van der Waals surface area contributed by atoms with E-state index in [1.807, 2.05) is 0 Å². The molecule has 18 atom stereocenters. The number of ether oxygens (including phenoxy) is 9. The Balaban J connectivity index is 1.28. The molecule has 674 valence electrons. The van der Waals surface area contributed by atoms with Crippen molar-refractivity contribution in [3.63, 3.8) is 0 Å². The number of amides is 8. The van der Waals surface area contributed by atoms with Gasteiger partial charge in [0.05, 0.1) is 96.3 Å². The van der Waals surface area contributed by atoms with Gasteiger partial charge in [0.15, 0.2) is 18.9 Å². The molecular weight excluding hydrogens is 1560 g/mol. The summed E-state index contributed by atoms with van der Waals surface area (Å²) < 4.78 is 72.8. The summed E-state index contributed by atoms with van der Waals surface area (Å²) in [5.74, 6) is -2.36. The molecule has 0 spiro atoms. The zero-order chi connectivity index (χ0) is 85.3. The van der Waals surface area contributed by atoms with Crippen molar-refractivity contribution in [2.75, 3.05) is 139 Å². The molecule has 0 radical (unpaired) electrons. The molecule has 4 rings (SSSR count). The van der Waals surface area contributed by atoms with Crippen LogP contribution in [0.15, 0.2) is 0 Å². The number of carbonyl (C=O) groups is 8. The van der Waals surface area contributed by atoms with Crippen molar-refractivity contribution < 1.29 is 151 Å². The standard InChI is InChI=1S/C73H136N11O31P/c1-105-116(103,104)112-44-48-39-49(88)40-84(48)60(96)23-9-7-5-3-2-4-6-8-22-59(95)83-73(45-106-36-24-56(92)80-30-16-27-77-53(89)19-10-13-33-109-70-61(74)67(100)64(97)50(41-85)113-70,46-107-37-25-57(93)81-31-17-28-78-54(90)20-11-14-34-110-71-62(75)68(101)65(98)51(42-86)114-71)47-108-38-26-58(94)82-32-18-29-79-55(91)21-12-15-35-111-72-63(76)69(102)66(99)52(43-87)115-72/h48-52,61-72,85-88,97-102H,2-47,74-76H2,1H3,(H,77,89)(H,78,90)(H,79,91)(H,80,92)(H,81,93)(H,82,94)(H,83,95)(H,103,104)/t48-,49+,50?,51?,52?,61?,62?,63?,64?,65?,66?,67?,68?,69?,70?,71?,72?,73?/m0/s1. The van der Waals surface area contributed by atoms with Crippen molar-refractivity contribution in [3.8, 4) is 0 Å². The lowest BCUT2D eigenvalue weighted by Crippen LogP contribution is -2.62. The van der Waals surface area contributed by atoms with E-state index in [0.29, 0.717) is 77.0 Å². The normalized spacial score (nSPS) is 26.5. The fourth-order valence-electron chi connectivity index (χ4n) is 12.9.